The van der Waals surface area contributed by atoms with E-state index < -0.39 is 29.6 Å². The molecule has 3 aliphatic heterocycles. The summed E-state index contributed by atoms with van der Waals surface area (Å²) in [5, 5.41) is 0.807. The van der Waals surface area contributed by atoms with Crippen LogP contribution >= 0.6 is 0 Å². The maximum Gasteiger partial charge on any atom is 0.276 e. The van der Waals surface area contributed by atoms with Gasteiger partial charge in [-0.25, -0.2) is 0 Å². The summed E-state index contributed by atoms with van der Waals surface area (Å²) in [6.45, 7) is -0.280. The van der Waals surface area contributed by atoms with Crippen LogP contribution in [-0.4, -0.2) is 41.5 Å². The van der Waals surface area contributed by atoms with Gasteiger partial charge in [-0.15, -0.1) is 0 Å². The van der Waals surface area contributed by atoms with Crippen molar-refractivity contribution in [3.8, 4) is 5.75 Å². The van der Waals surface area contributed by atoms with E-state index in [0.29, 0.717) is 5.75 Å². The molecule has 3 amide bonds. The number of hydrogen-bond donors (Lipinski definition) is 1. The van der Waals surface area contributed by atoms with Gasteiger partial charge in [0.1, 0.15) is 5.75 Å². The Morgan fingerprint density at radius 3 is 2.30 bits per heavy atom. The maximum atomic E-state index is 12.3. The Balaban J connectivity index is 1.39. The average Bonchev–Trinajstić information content (AvgIpc) is 3.24. The van der Waals surface area contributed by atoms with Crippen LogP contribution in [-0.2, 0) is 19.1 Å². The van der Waals surface area contributed by atoms with Crippen molar-refractivity contribution < 1.29 is 23.9 Å². The lowest BCUT2D eigenvalue weighted by Crippen LogP contribution is -2.49. The number of carbonyl (C=O) groups is 3. The van der Waals surface area contributed by atoms with Gasteiger partial charge < -0.3 is 9.47 Å². The van der Waals surface area contributed by atoms with Gasteiger partial charge in [0.2, 0.25) is 0 Å². The molecule has 0 saturated carbocycles. The van der Waals surface area contributed by atoms with E-state index >= 15 is 0 Å². The minimum atomic E-state index is -0.559. The number of hydrazine groups is 1. The van der Waals surface area contributed by atoms with Gasteiger partial charge in [0.05, 0.1) is 24.0 Å². The highest BCUT2D eigenvalue weighted by atomic mass is 16.5. The van der Waals surface area contributed by atoms with Crippen molar-refractivity contribution in [1.29, 1.82) is 0 Å². The van der Waals surface area contributed by atoms with Crippen LogP contribution in [0.5, 0.6) is 5.75 Å². The van der Waals surface area contributed by atoms with Crippen molar-refractivity contribution in [1.82, 2.24) is 10.4 Å². The topological polar surface area (TPSA) is 84.9 Å². The van der Waals surface area contributed by atoms with Gasteiger partial charge in [-0.3, -0.25) is 19.8 Å². The van der Waals surface area contributed by atoms with Gasteiger partial charge in [-0.2, -0.15) is 5.01 Å². The van der Waals surface area contributed by atoms with Crippen LogP contribution in [0.2, 0.25) is 0 Å². The van der Waals surface area contributed by atoms with Crippen LogP contribution in [0.15, 0.2) is 42.5 Å². The lowest BCUT2D eigenvalue weighted by Gasteiger charge is -2.18. The number of rotatable bonds is 4. The zero-order chi connectivity index (χ0) is 16.0. The number of imide groups is 1. The second-order valence-electron chi connectivity index (χ2n) is 5.65. The Morgan fingerprint density at radius 1 is 1.09 bits per heavy atom. The number of fused-ring (bicyclic) bond motifs is 5. The first-order valence-electron chi connectivity index (χ1n) is 7.34. The molecule has 0 radical (unpaired) electrons. The Kier molecular flexibility index (Phi) is 3.16. The smallest absolute Gasteiger partial charge is 0.276 e. The maximum absolute atomic E-state index is 12.3. The van der Waals surface area contributed by atoms with Crippen LogP contribution in [0.1, 0.15) is 0 Å². The Labute approximate surface area is 131 Å². The molecule has 2 saturated heterocycles. The SMILES string of the molecule is O=C(COc1ccccc1)NN1C(=O)[C@H]2[C@H](C1=O)[C@H]1C=C[C@H]2O1. The summed E-state index contributed by atoms with van der Waals surface area (Å²) in [5.41, 5.74) is 2.33. The molecule has 23 heavy (non-hydrogen) atoms. The molecule has 1 N–H and O–H groups in total. The molecular weight excluding hydrogens is 300 g/mol. The molecule has 1 aromatic carbocycles. The van der Waals surface area contributed by atoms with Crippen LogP contribution in [0.3, 0.4) is 0 Å². The molecule has 2 bridgehead atoms. The number of benzene rings is 1. The standard InChI is InChI=1S/C16H14N2O5/c19-12(8-22-9-4-2-1-3-5-9)17-18-15(20)13-10-6-7-11(23-10)14(13)16(18)21/h1-7,10-11,13-14H,8H2,(H,17,19)/t10-,11-,13-,14-/m1/s1. The third-order valence-electron chi connectivity index (χ3n) is 4.26. The van der Waals surface area contributed by atoms with Gasteiger partial charge in [0.15, 0.2) is 6.61 Å². The van der Waals surface area contributed by atoms with E-state index in [9.17, 15) is 14.4 Å². The van der Waals surface area contributed by atoms with Crippen LogP contribution in [0, 0.1) is 11.8 Å². The first-order valence-corrected chi connectivity index (χ1v) is 7.34. The summed E-state index contributed by atoms with van der Waals surface area (Å²) >= 11 is 0. The van der Waals surface area contributed by atoms with E-state index in [0.717, 1.165) is 5.01 Å². The van der Waals surface area contributed by atoms with E-state index in [1.165, 1.54) is 0 Å². The first kappa shape index (κ1) is 14.0. The van der Waals surface area contributed by atoms with E-state index in [-0.39, 0.29) is 18.8 Å². The second kappa shape index (κ2) is 5.20. The van der Waals surface area contributed by atoms with Crippen molar-refractivity contribution in [2.24, 2.45) is 11.8 Å². The fourth-order valence-corrected chi connectivity index (χ4v) is 3.24. The fourth-order valence-electron chi connectivity index (χ4n) is 3.24. The third kappa shape index (κ3) is 2.20. The number of para-hydroxylation sites is 1. The van der Waals surface area contributed by atoms with E-state index in [1.807, 2.05) is 6.07 Å². The van der Waals surface area contributed by atoms with Crippen molar-refractivity contribution in [3.63, 3.8) is 0 Å². The molecule has 4 rings (SSSR count). The molecule has 0 aliphatic carbocycles. The van der Waals surface area contributed by atoms with Crippen LogP contribution < -0.4 is 10.2 Å². The fraction of sp³-hybridized carbons (Fsp3) is 0.312. The van der Waals surface area contributed by atoms with Crippen molar-refractivity contribution in [2.45, 2.75) is 12.2 Å². The molecule has 0 unspecified atom stereocenters. The van der Waals surface area contributed by atoms with Gasteiger partial charge in [-0.05, 0) is 12.1 Å². The van der Waals surface area contributed by atoms with E-state index in [2.05, 4.69) is 5.43 Å². The number of ether oxygens (including phenoxy) is 2. The quantitative estimate of drug-likeness (QED) is 0.626. The Bertz CT molecular complexity index is 672. The Hall–Kier alpha value is -2.67. The molecule has 1 aromatic rings. The summed E-state index contributed by atoms with van der Waals surface area (Å²) in [7, 11) is 0. The van der Waals surface area contributed by atoms with Gasteiger partial charge in [-0.1, -0.05) is 30.4 Å². The predicted octanol–water partition coefficient (Wildman–Crippen LogP) is 0.0350. The lowest BCUT2D eigenvalue weighted by molar-refractivity contribution is -0.151. The molecule has 0 aromatic heterocycles. The molecule has 3 heterocycles. The largest absolute Gasteiger partial charge is 0.484 e. The second-order valence-corrected chi connectivity index (χ2v) is 5.65. The van der Waals surface area contributed by atoms with Crippen molar-refractivity contribution >= 4 is 17.7 Å². The van der Waals surface area contributed by atoms with Gasteiger partial charge in [0.25, 0.3) is 17.7 Å². The monoisotopic (exact) mass is 314 g/mol. The highest BCUT2D eigenvalue weighted by Gasteiger charge is 2.61. The summed E-state index contributed by atoms with van der Waals surface area (Å²) < 4.78 is 10.8. The lowest BCUT2D eigenvalue weighted by atomic mass is 9.85. The highest BCUT2D eigenvalue weighted by molar-refractivity contribution is 6.07. The number of hydrogen-bond acceptors (Lipinski definition) is 5. The van der Waals surface area contributed by atoms with Crippen LogP contribution in [0.4, 0.5) is 0 Å². The molecule has 0 spiro atoms. The third-order valence-corrected chi connectivity index (χ3v) is 4.26. The molecule has 7 heteroatoms. The van der Waals surface area contributed by atoms with E-state index in [4.69, 9.17) is 9.47 Å². The minimum Gasteiger partial charge on any atom is -0.484 e. The van der Waals surface area contributed by atoms with Crippen molar-refractivity contribution in [2.75, 3.05) is 6.61 Å². The summed E-state index contributed by atoms with van der Waals surface area (Å²) in [6, 6.07) is 8.82. The molecule has 4 atom stereocenters. The summed E-state index contributed by atoms with van der Waals surface area (Å²) in [4.78, 5) is 36.6. The Morgan fingerprint density at radius 2 is 1.70 bits per heavy atom. The number of carbonyl (C=O) groups excluding carboxylic acids is 3. The molecule has 3 aliphatic rings. The summed E-state index contributed by atoms with van der Waals surface area (Å²) in [5.74, 6) is -1.94. The summed E-state index contributed by atoms with van der Waals surface area (Å²) in [6.07, 6.45) is 2.84. The highest BCUT2D eigenvalue weighted by Crippen LogP contribution is 2.44. The average molecular weight is 314 g/mol. The molecular formula is C16H14N2O5. The van der Waals surface area contributed by atoms with Crippen molar-refractivity contribution in [3.05, 3.63) is 42.5 Å². The minimum absolute atomic E-state index is 0.280. The zero-order valence-electron chi connectivity index (χ0n) is 12.0. The van der Waals surface area contributed by atoms with Gasteiger partial charge >= 0.3 is 0 Å². The molecule has 2 fully saturated rings. The molecule has 7 nitrogen and oxygen atoms in total. The number of amides is 3. The zero-order valence-corrected chi connectivity index (χ0v) is 12.0. The van der Waals surface area contributed by atoms with E-state index in [1.54, 1.807) is 36.4 Å². The number of nitrogens with zero attached hydrogens (tertiary/aromatic N) is 1. The number of nitrogens with one attached hydrogen (secondary N) is 1. The first-order chi connectivity index (χ1) is 11.1. The predicted molar refractivity (Wildman–Crippen MR) is 76.7 cm³/mol. The molecule has 118 valence electrons. The van der Waals surface area contributed by atoms with Crippen LogP contribution in [0.25, 0.3) is 0 Å². The van der Waals surface area contributed by atoms with Gasteiger partial charge in [0, 0.05) is 0 Å². The normalized spacial score (nSPS) is 30.7.